The fraction of sp³-hybridized carbons (Fsp3) is 0.846. The highest BCUT2D eigenvalue weighted by Gasteiger charge is 2.28. The second-order valence-corrected chi connectivity index (χ2v) is 5.40. The van der Waals surface area contributed by atoms with Gasteiger partial charge in [0.2, 0.25) is 0 Å². The van der Waals surface area contributed by atoms with Crippen molar-refractivity contribution in [1.82, 2.24) is 0 Å². The van der Waals surface area contributed by atoms with Gasteiger partial charge in [0.1, 0.15) is 5.78 Å². The molecule has 0 aromatic rings. The zero-order chi connectivity index (χ0) is 12.9. The van der Waals surface area contributed by atoms with Crippen LogP contribution in [-0.2, 0) is 14.3 Å². The first kappa shape index (κ1) is 15.1. The van der Waals surface area contributed by atoms with E-state index < -0.39 is 0 Å². The van der Waals surface area contributed by atoms with Gasteiger partial charge in [-0.25, -0.2) is 0 Å². The first-order valence-electron chi connectivity index (χ1n) is 5.90. The molecule has 0 aromatic heterocycles. The van der Waals surface area contributed by atoms with E-state index in [0.29, 0.717) is 13.0 Å². The quantitative estimate of drug-likeness (QED) is 0.680. The summed E-state index contributed by atoms with van der Waals surface area (Å²) < 4.78 is 4.94. The molecule has 0 N–H and O–H groups in total. The van der Waals surface area contributed by atoms with Gasteiger partial charge in [0.25, 0.3) is 0 Å². The van der Waals surface area contributed by atoms with Gasteiger partial charge in [0.15, 0.2) is 0 Å². The highest BCUT2D eigenvalue weighted by Crippen LogP contribution is 2.24. The third-order valence-electron chi connectivity index (χ3n) is 2.86. The number of hydrogen-bond acceptors (Lipinski definition) is 3. The summed E-state index contributed by atoms with van der Waals surface area (Å²) in [6.07, 6.45) is 0.434. The Kier molecular flexibility index (Phi) is 5.70. The Morgan fingerprint density at radius 1 is 1.19 bits per heavy atom. The van der Waals surface area contributed by atoms with E-state index in [1.165, 1.54) is 0 Å². The van der Waals surface area contributed by atoms with Crippen LogP contribution >= 0.6 is 0 Å². The minimum Gasteiger partial charge on any atom is -0.466 e. The molecular weight excluding hydrogens is 204 g/mol. The maximum Gasteiger partial charge on any atom is 0.308 e. The second kappa shape index (κ2) is 6.02. The molecule has 3 nitrogen and oxygen atoms in total. The molecule has 0 bridgehead atoms. The third-order valence-corrected chi connectivity index (χ3v) is 2.86. The SMILES string of the molecule is CCOC(=O)C(C)C(C)CC(=O)C(C)(C)C. The van der Waals surface area contributed by atoms with Gasteiger partial charge >= 0.3 is 5.97 Å². The Morgan fingerprint density at radius 3 is 2.06 bits per heavy atom. The van der Waals surface area contributed by atoms with E-state index in [1.807, 2.05) is 34.6 Å². The third kappa shape index (κ3) is 4.77. The smallest absolute Gasteiger partial charge is 0.308 e. The van der Waals surface area contributed by atoms with E-state index in [-0.39, 0.29) is 29.0 Å². The lowest BCUT2D eigenvalue weighted by Gasteiger charge is -2.22. The molecule has 0 aliphatic rings. The van der Waals surface area contributed by atoms with Gasteiger partial charge in [-0.3, -0.25) is 9.59 Å². The summed E-state index contributed by atoms with van der Waals surface area (Å²) in [7, 11) is 0. The Hall–Kier alpha value is -0.860. The number of ether oxygens (including phenoxy) is 1. The summed E-state index contributed by atoms with van der Waals surface area (Å²) in [5.74, 6) is -0.204. The van der Waals surface area contributed by atoms with Crippen molar-refractivity contribution in [2.45, 2.75) is 48.0 Å². The summed E-state index contributed by atoms with van der Waals surface area (Å²) >= 11 is 0. The number of carbonyl (C=O) groups excluding carboxylic acids is 2. The molecule has 0 aromatic carbocycles. The van der Waals surface area contributed by atoms with Crippen LogP contribution in [0.2, 0.25) is 0 Å². The summed E-state index contributed by atoms with van der Waals surface area (Å²) in [5.41, 5.74) is -0.331. The molecule has 0 rings (SSSR count). The van der Waals surface area contributed by atoms with Crippen LogP contribution in [0.25, 0.3) is 0 Å². The average Bonchev–Trinajstić information content (AvgIpc) is 2.15. The second-order valence-electron chi connectivity index (χ2n) is 5.40. The maximum atomic E-state index is 11.8. The lowest BCUT2D eigenvalue weighted by molar-refractivity contribution is -0.149. The van der Waals surface area contributed by atoms with Crippen LogP contribution in [0, 0.1) is 17.3 Å². The van der Waals surface area contributed by atoms with Crippen molar-refractivity contribution in [3.63, 3.8) is 0 Å². The van der Waals surface area contributed by atoms with Crippen molar-refractivity contribution in [3.8, 4) is 0 Å². The van der Waals surface area contributed by atoms with Crippen molar-refractivity contribution in [2.75, 3.05) is 6.61 Å². The molecule has 0 fully saturated rings. The van der Waals surface area contributed by atoms with Crippen LogP contribution in [0.15, 0.2) is 0 Å². The van der Waals surface area contributed by atoms with Crippen LogP contribution in [0.4, 0.5) is 0 Å². The number of esters is 1. The molecule has 0 aliphatic carbocycles. The summed E-state index contributed by atoms with van der Waals surface area (Å²) in [6, 6.07) is 0. The van der Waals surface area contributed by atoms with Crippen molar-refractivity contribution in [1.29, 1.82) is 0 Å². The molecule has 0 radical (unpaired) electrons. The highest BCUT2D eigenvalue weighted by atomic mass is 16.5. The van der Waals surface area contributed by atoms with Gasteiger partial charge in [-0.15, -0.1) is 0 Å². The van der Waals surface area contributed by atoms with E-state index in [9.17, 15) is 9.59 Å². The first-order chi connectivity index (χ1) is 7.20. The van der Waals surface area contributed by atoms with Gasteiger partial charge in [-0.05, 0) is 12.8 Å². The van der Waals surface area contributed by atoms with Crippen LogP contribution < -0.4 is 0 Å². The van der Waals surface area contributed by atoms with Gasteiger partial charge in [-0.1, -0.05) is 34.6 Å². The molecule has 16 heavy (non-hydrogen) atoms. The van der Waals surface area contributed by atoms with Gasteiger partial charge < -0.3 is 4.74 Å². The number of rotatable bonds is 5. The molecule has 0 saturated heterocycles. The highest BCUT2D eigenvalue weighted by molar-refractivity contribution is 5.84. The molecule has 0 aliphatic heterocycles. The van der Waals surface area contributed by atoms with E-state index in [2.05, 4.69) is 0 Å². The van der Waals surface area contributed by atoms with Gasteiger partial charge in [0, 0.05) is 11.8 Å². The summed E-state index contributed by atoms with van der Waals surface area (Å²) in [6.45, 7) is 11.6. The first-order valence-corrected chi connectivity index (χ1v) is 5.90. The minimum atomic E-state index is -0.331. The Balaban J connectivity index is 4.31. The maximum absolute atomic E-state index is 11.8. The predicted octanol–water partition coefficient (Wildman–Crippen LogP) is 2.83. The predicted molar refractivity (Wildman–Crippen MR) is 64.0 cm³/mol. The van der Waals surface area contributed by atoms with E-state index in [1.54, 1.807) is 6.92 Å². The fourth-order valence-electron chi connectivity index (χ4n) is 1.28. The number of Topliss-reactive ketones (excluding diaryl/α,β-unsaturated/α-hetero) is 1. The molecule has 0 spiro atoms. The number of ketones is 1. The van der Waals surface area contributed by atoms with Crippen LogP contribution in [0.1, 0.15) is 48.0 Å². The van der Waals surface area contributed by atoms with Crippen molar-refractivity contribution in [3.05, 3.63) is 0 Å². The molecule has 3 heteroatoms. The summed E-state index contributed by atoms with van der Waals surface area (Å²) in [4.78, 5) is 23.3. The molecule has 2 atom stereocenters. The lowest BCUT2D eigenvalue weighted by atomic mass is 9.82. The fourth-order valence-corrected chi connectivity index (χ4v) is 1.28. The van der Waals surface area contributed by atoms with Crippen LogP contribution in [-0.4, -0.2) is 18.4 Å². The van der Waals surface area contributed by atoms with Crippen molar-refractivity contribution < 1.29 is 14.3 Å². The van der Waals surface area contributed by atoms with Gasteiger partial charge in [0.05, 0.1) is 12.5 Å². The van der Waals surface area contributed by atoms with E-state index in [4.69, 9.17) is 4.74 Å². The van der Waals surface area contributed by atoms with E-state index >= 15 is 0 Å². The zero-order valence-corrected chi connectivity index (χ0v) is 11.3. The number of hydrogen-bond donors (Lipinski definition) is 0. The monoisotopic (exact) mass is 228 g/mol. The topological polar surface area (TPSA) is 43.4 Å². The average molecular weight is 228 g/mol. The van der Waals surface area contributed by atoms with Crippen LogP contribution in [0.3, 0.4) is 0 Å². The zero-order valence-electron chi connectivity index (χ0n) is 11.3. The molecule has 2 unspecified atom stereocenters. The van der Waals surface area contributed by atoms with E-state index in [0.717, 1.165) is 0 Å². The van der Waals surface area contributed by atoms with Crippen molar-refractivity contribution in [2.24, 2.45) is 17.3 Å². The number of carbonyl (C=O) groups is 2. The largest absolute Gasteiger partial charge is 0.466 e. The standard InChI is InChI=1S/C13H24O3/c1-7-16-12(15)10(3)9(2)8-11(14)13(4,5)6/h9-10H,7-8H2,1-6H3. The molecule has 0 amide bonds. The lowest BCUT2D eigenvalue weighted by Crippen LogP contribution is -2.28. The molecule has 0 saturated carbocycles. The van der Waals surface area contributed by atoms with Crippen molar-refractivity contribution >= 4 is 11.8 Å². The Morgan fingerprint density at radius 2 is 1.69 bits per heavy atom. The Labute approximate surface area is 98.6 Å². The molecule has 94 valence electrons. The molecule has 0 heterocycles. The van der Waals surface area contributed by atoms with Gasteiger partial charge in [-0.2, -0.15) is 0 Å². The normalized spacial score (nSPS) is 15.4. The summed E-state index contributed by atoms with van der Waals surface area (Å²) in [5, 5.41) is 0. The Bertz CT molecular complexity index is 250. The van der Waals surface area contributed by atoms with Crippen LogP contribution in [0.5, 0.6) is 0 Å². The molecular formula is C13H24O3. The minimum absolute atomic E-state index is 0.0331.